The summed E-state index contributed by atoms with van der Waals surface area (Å²) in [6.07, 6.45) is 2.95. The first-order valence-electron chi connectivity index (χ1n) is 10.1. The van der Waals surface area contributed by atoms with Crippen molar-refractivity contribution >= 4 is 23.8 Å². The van der Waals surface area contributed by atoms with Crippen LogP contribution in [0.4, 0.5) is 0 Å². The first-order valence-corrected chi connectivity index (χ1v) is 10.1. The molecule has 0 N–H and O–H groups in total. The van der Waals surface area contributed by atoms with E-state index in [0.717, 1.165) is 19.3 Å². The molecule has 1 heterocycles. The van der Waals surface area contributed by atoms with Crippen LogP contribution >= 0.6 is 0 Å². The molecule has 0 spiro atoms. The number of hydrogen-bond donors (Lipinski definition) is 0. The number of β-lactam (4-membered cyclic amide) rings is 1. The number of rotatable bonds is 4. The average Bonchev–Trinajstić information content (AvgIpc) is 3.34. The van der Waals surface area contributed by atoms with Crippen molar-refractivity contribution in [2.24, 2.45) is 41.4 Å². The van der Waals surface area contributed by atoms with Gasteiger partial charge in [0.15, 0.2) is 6.61 Å². The van der Waals surface area contributed by atoms with Crippen molar-refractivity contribution in [3.63, 3.8) is 0 Å². The van der Waals surface area contributed by atoms with Crippen LogP contribution < -0.4 is 0 Å². The van der Waals surface area contributed by atoms with Crippen LogP contribution in [0.25, 0.3) is 0 Å². The maximum absolute atomic E-state index is 12.8. The number of carbonyl (C=O) groups is 4. The zero-order valence-electron chi connectivity index (χ0n) is 16.1. The van der Waals surface area contributed by atoms with Gasteiger partial charge in [0, 0.05) is 12.5 Å². The molecule has 0 radical (unpaired) electrons. The summed E-state index contributed by atoms with van der Waals surface area (Å²) in [5, 5.41) is 0. The molecule has 28 heavy (non-hydrogen) atoms. The number of likely N-dealkylation sites (tertiary alicyclic amines) is 1. The van der Waals surface area contributed by atoms with Crippen LogP contribution in [0.2, 0.25) is 0 Å². The van der Waals surface area contributed by atoms with E-state index in [1.807, 2.05) is 0 Å². The normalized spacial score (nSPS) is 44.0. The summed E-state index contributed by atoms with van der Waals surface area (Å²) in [6, 6.07) is -0.0405. The van der Waals surface area contributed by atoms with E-state index in [2.05, 4.69) is 6.58 Å². The summed E-state index contributed by atoms with van der Waals surface area (Å²) in [5.74, 6) is 0.991. The lowest BCUT2D eigenvalue weighted by molar-refractivity contribution is -0.181. The molecule has 9 atom stereocenters. The van der Waals surface area contributed by atoms with Gasteiger partial charge in [-0.3, -0.25) is 19.3 Å². The molecule has 7 nitrogen and oxygen atoms in total. The number of imide groups is 1. The van der Waals surface area contributed by atoms with Crippen molar-refractivity contribution in [3.05, 3.63) is 12.2 Å². The van der Waals surface area contributed by atoms with Crippen molar-refractivity contribution in [3.8, 4) is 0 Å². The molecule has 5 rings (SSSR count). The van der Waals surface area contributed by atoms with Gasteiger partial charge in [0.1, 0.15) is 6.10 Å². The van der Waals surface area contributed by atoms with Gasteiger partial charge in [-0.25, -0.2) is 4.79 Å². The van der Waals surface area contributed by atoms with Gasteiger partial charge < -0.3 is 9.47 Å². The Bertz CT molecular complexity index is 805. The lowest BCUT2D eigenvalue weighted by Crippen LogP contribution is -2.68. The zero-order chi connectivity index (χ0) is 19.9. The predicted octanol–water partition coefficient (Wildman–Crippen LogP) is 1.31. The molecule has 150 valence electrons. The molecule has 0 aromatic carbocycles. The molecule has 2 amide bonds. The van der Waals surface area contributed by atoms with Crippen LogP contribution in [-0.4, -0.2) is 47.4 Å². The minimum Gasteiger partial charge on any atom is -0.462 e. The number of nitrogens with zero attached hydrogens (tertiary/aromatic N) is 1. The molecule has 5 aliphatic rings. The van der Waals surface area contributed by atoms with Crippen LogP contribution in [0.1, 0.15) is 33.1 Å². The van der Waals surface area contributed by atoms with Crippen LogP contribution in [0.15, 0.2) is 12.2 Å². The minimum absolute atomic E-state index is 0.00369. The van der Waals surface area contributed by atoms with Crippen molar-refractivity contribution in [1.29, 1.82) is 0 Å². The third-order valence-electron chi connectivity index (χ3n) is 7.95. The SMILES string of the molecule is C=C(C)C(=O)OCC(=O)N1C(=O)C2C3CC(C4C5CC(OC(C)=O)C(C5)C34)C21. The van der Waals surface area contributed by atoms with Crippen LogP contribution in [0.3, 0.4) is 0 Å². The van der Waals surface area contributed by atoms with Crippen molar-refractivity contribution in [1.82, 2.24) is 4.90 Å². The van der Waals surface area contributed by atoms with Gasteiger partial charge >= 0.3 is 11.9 Å². The lowest BCUT2D eigenvalue weighted by atomic mass is 9.61. The van der Waals surface area contributed by atoms with Gasteiger partial charge in [-0.05, 0) is 61.7 Å². The Labute approximate surface area is 163 Å². The summed E-state index contributed by atoms with van der Waals surface area (Å²) in [4.78, 5) is 49.6. The largest absolute Gasteiger partial charge is 0.462 e. The lowest BCUT2D eigenvalue weighted by Gasteiger charge is -2.53. The van der Waals surface area contributed by atoms with Gasteiger partial charge in [-0.15, -0.1) is 0 Å². The maximum Gasteiger partial charge on any atom is 0.333 e. The van der Waals surface area contributed by atoms with E-state index in [1.165, 1.54) is 18.7 Å². The minimum atomic E-state index is -0.615. The zero-order valence-corrected chi connectivity index (χ0v) is 16.1. The molecule has 1 aliphatic heterocycles. The van der Waals surface area contributed by atoms with E-state index in [1.54, 1.807) is 0 Å². The highest BCUT2D eigenvalue weighted by Gasteiger charge is 2.74. The van der Waals surface area contributed by atoms with Crippen molar-refractivity contribution in [2.45, 2.75) is 45.3 Å². The fraction of sp³-hybridized carbons (Fsp3) is 0.714. The standard InChI is InChI=1S/C21H25NO6/c1-8(2)21(26)27-7-15(24)22-19-13-6-12(18(19)20(22)25)17-11-4-10(16(13)17)5-14(11)28-9(3)23/h10-14,16-19H,1,4-7H2,2-3H3. The van der Waals surface area contributed by atoms with Crippen LogP contribution in [0.5, 0.6) is 0 Å². The van der Waals surface area contributed by atoms with Crippen LogP contribution in [0, 0.1) is 41.4 Å². The Morgan fingerprint density at radius 3 is 2.50 bits per heavy atom. The van der Waals surface area contributed by atoms with Gasteiger partial charge in [0.2, 0.25) is 5.91 Å². The van der Waals surface area contributed by atoms with Gasteiger partial charge in [0.25, 0.3) is 5.91 Å². The monoisotopic (exact) mass is 387 g/mol. The Morgan fingerprint density at radius 1 is 1.07 bits per heavy atom. The predicted molar refractivity (Wildman–Crippen MR) is 95.2 cm³/mol. The molecule has 4 bridgehead atoms. The van der Waals surface area contributed by atoms with Gasteiger partial charge in [0.05, 0.1) is 12.0 Å². The number of fused-ring (bicyclic) bond motifs is 12. The Balaban J connectivity index is 1.29. The molecular weight excluding hydrogens is 362 g/mol. The second-order valence-electron chi connectivity index (χ2n) is 9.24. The Kier molecular flexibility index (Phi) is 3.77. The van der Waals surface area contributed by atoms with E-state index in [4.69, 9.17) is 9.47 Å². The number of hydrogen-bond acceptors (Lipinski definition) is 6. The third-order valence-corrected chi connectivity index (χ3v) is 7.95. The highest BCUT2D eigenvalue weighted by atomic mass is 16.5. The smallest absolute Gasteiger partial charge is 0.333 e. The van der Waals surface area contributed by atoms with E-state index in [-0.39, 0.29) is 35.5 Å². The number of amides is 2. The molecule has 1 saturated heterocycles. The van der Waals surface area contributed by atoms with E-state index in [0.29, 0.717) is 35.5 Å². The first-order chi connectivity index (χ1) is 13.3. The maximum atomic E-state index is 12.8. The summed E-state index contributed by atoms with van der Waals surface area (Å²) in [5.41, 5.74) is 0.229. The van der Waals surface area contributed by atoms with E-state index >= 15 is 0 Å². The second kappa shape index (κ2) is 5.91. The van der Waals surface area contributed by atoms with Crippen molar-refractivity contribution < 1.29 is 28.7 Å². The quantitative estimate of drug-likeness (QED) is 0.313. The molecule has 5 fully saturated rings. The topological polar surface area (TPSA) is 90.0 Å². The first kappa shape index (κ1) is 17.9. The molecule has 7 heteroatoms. The van der Waals surface area contributed by atoms with Crippen molar-refractivity contribution in [2.75, 3.05) is 6.61 Å². The molecule has 9 unspecified atom stereocenters. The molecule has 0 aromatic rings. The number of ether oxygens (including phenoxy) is 2. The highest BCUT2D eigenvalue weighted by Crippen LogP contribution is 2.71. The summed E-state index contributed by atoms with van der Waals surface area (Å²) in [7, 11) is 0. The third kappa shape index (κ3) is 2.22. The fourth-order valence-electron chi connectivity index (χ4n) is 7.39. The molecular formula is C21H25NO6. The summed E-state index contributed by atoms with van der Waals surface area (Å²) < 4.78 is 10.5. The Morgan fingerprint density at radius 2 is 1.82 bits per heavy atom. The van der Waals surface area contributed by atoms with Gasteiger partial charge in [-0.1, -0.05) is 6.58 Å². The second-order valence-corrected chi connectivity index (χ2v) is 9.24. The van der Waals surface area contributed by atoms with Gasteiger partial charge in [-0.2, -0.15) is 0 Å². The Hall–Kier alpha value is -2.18. The summed E-state index contributed by atoms with van der Waals surface area (Å²) >= 11 is 0. The van der Waals surface area contributed by atoms with E-state index in [9.17, 15) is 19.2 Å². The van der Waals surface area contributed by atoms with Crippen LogP contribution in [-0.2, 0) is 28.7 Å². The molecule has 4 aliphatic carbocycles. The number of esters is 2. The summed E-state index contributed by atoms with van der Waals surface area (Å²) in [6.45, 7) is 6.06. The molecule has 4 saturated carbocycles. The fourth-order valence-corrected chi connectivity index (χ4v) is 7.39. The molecule has 0 aromatic heterocycles. The van der Waals surface area contributed by atoms with E-state index < -0.39 is 18.5 Å². The number of carbonyl (C=O) groups excluding carboxylic acids is 4. The highest BCUT2D eigenvalue weighted by molar-refractivity contribution is 6.04. The average molecular weight is 387 g/mol.